The Morgan fingerprint density at radius 3 is 2.93 bits per heavy atom. The fraction of sp³-hybridized carbons (Fsp3) is 0.778. The maximum absolute atomic E-state index is 5.84. The van der Waals surface area contributed by atoms with Crippen LogP contribution in [0.2, 0.25) is 0 Å². The van der Waals surface area contributed by atoms with E-state index >= 15 is 0 Å². The molecule has 0 radical (unpaired) electrons. The largest absolute Gasteiger partial charge is 0.338 e. The van der Waals surface area contributed by atoms with Crippen molar-refractivity contribution in [1.29, 1.82) is 0 Å². The molecule has 0 unspecified atom stereocenters. The molecule has 1 rings (SSSR count). The van der Waals surface area contributed by atoms with Crippen LogP contribution in [0.25, 0.3) is 0 Å². The predicted molar refractivity (Wildman–Crippen MR) is 58.0 cm³/mol. The normalized spacial score (nSPS) is 13.1. The third-order valence-electron chi connectivity index (χ3n) is 1.84. The molecule has 1 aromatic rings. The predicted octanol–water partition coefficient (Wildman–Crippen LogP) is 2.12. The van der Waals surface area contributed by atoms with Gasteiger partial charge in [0.1, 0.15) is 0 Å². The number of hydrogen-bond acceptors (Lipinski definition) is 5. The molecule has 0 amide bonds. The van der Waals surface area contributed by atoms with Gasteiger partial charge in [-0.25, -0.2) is 0 Å². The number of nitrogens with two attached hydrogens (primary N) is 1. The Labute approximate surface area is 88.6 Å². The maximum atomic E-state index is 5.84. The van der Waals surface area contributed by atoms with Crippen molar-refractivity contribution in [1.82, 2.24) is 10.1 Å². The zero-order valence-corrected chi connectivity index (χ0v) is 9.51. The molecule has 4 nitrogen and oxygen atoms in total. The fourth-order valence-corrected chi connectivity index (χ4v) is 1.61. The molecule has 0 saturated carbocycles. The lowest BCUT2D eigenvalue weighted by Gasteiger charge is -2.01. The minimum absolute atomic E-state index is 0.104. The minimum Gasteiger partial charge on any atom is -0.338 e. The van der Waals surface area contributed by atoms with Gasteiger partial charge in [0.25, 0.3) is 0 Å². The Bertz CT molecular complexity index is 264. The van der Waals surface area contributed by atoms with Gasteiger partial charge in [0.15, 0.2) is 5.82 Å². The van der Waals surface area contributed by atoms with E-state index in [1.54, 1.807) is 11.8 Å². The number of aromatic nitrogens is 2. The van der Waals surface area contributed by atoms with Crippen molar-refractivity contribution in [2.75, 3.05) is 5.75 Å². The Morgan fingerprint density at radius 1 is 1.50 bits per heavy atom. The number of hydrogen-bond donors (Lipinski definition) is 1. The quantitative estimate of drug-likeness (QED) is 0.787. The molecule has 1 aromatic heterocycles. The molecule has 0 spiro atoms. The first-order valence-corrected chi connectivity index (χ1v) is 6.09. The standard InChI is InChI=1S/C9H17N3OS/c1-3-5-7(10)9-11-8(12-13-9)6-14-4-2/h7H,3-6,10H2,1-2H3/t7-/m0/s1. The molecular weight excluding hydrogens is 198 g/mol. The van der Waals surface area contributed by atoms with Gasteiger partial charge in [0.2, 0.25) is 5.89 Å². The van der Waals surface area contributed by atoms with E-state index in [-0.39, 0.29) is 6.04 Å². The van der Waals surface area contributed by atoms with E-state index in [0.29, 0.717) is 5.89 Å². The summed E-state index contributed by atoms with van der Waals surface area (Å²) in [6, 6.07) is -0.104. The summed E-state index contributed by atoms with van der Waals surface area (Å²) in [5.41, 5.74) is 5.84. The Balaban J connectivity index is 2.49. The van der Waals surface area contributed by atoms with Crippen molar-refractivity contribution in [3.63, 3.8) is 0 Å². The summed E-state index contributed by atoms with van der Waals surface area (Å²) in [5.74, 6) is 3.18. The highest BCUT2D eigenvalue weighted by Crippen LogP contribution is 2.15. The summed E-state index contributed by atoms with van der Waals surface area (Å²) in [6.45, 7) is 4.19. The zero-order valence-electron chi connectivity index (χ0n) is 8.69. The smallest absolute Gasteiger partial charge is 0.243 e. The van der Waals surface area contributed by atoms with Gasteiger partial charge in [-0.05, 0) is 12.2 Å². The second kappa shape index (κ2) is 6.03. The molecular formula is C9H17N3OS. The average Bonchev–Trinajstić information content (AvgIpc) is 2.63. The summed E-state index contributed by atoms with van der Waals surface area (Å²) in [5, 5.41) is 3.87. The molecule has 0 fully saturated rings. The lowest BCUT2D eigenvalue weighted by Crippen LogP contribution is -2.10. The summed E-state index contributed by atoms with van der Waals surface area (Å²) < 4.78 is 5.08. The van der Waals surface area contributed by atoms with Gasteiger partial charge in [0.05, 0.1) is 11.8 Å². The van der Waals surface area contributed by atoms with Crippen molar-refractivity contribution in [2.24, 2.45) is 5.73 Å². The van der Waals surface area contributed by atoms with Gasteiger partial charge in [-0.2, -0.15) is 16.7 Å². The highest BCUT2D eigenvalue weighted by molar-refractivity contribution is 7.98. The van der Waals surface area contributed by atoms with Crippen LogP contribution in [0.4, 0.5) is 0 Å². The van der Waals surface area contributed by atoms with Crippen LogP contribution in [0.5, 0.6) is 0 Å². The molecule has 80 valence electrons. The van der Waals surface area contributed by atoms with E-state index in [4.69, 9.17) is 10.3 Å². The molecule has 5 heteroatoms. The first kappa shape index (κ1) is 11.5. The Hall–Kier alpha value is -0.550. The van der Waals surface area contributed by atoms with Crippen LogP contribution in [0.1, 0.15) is 44.4 Å². The van der Waals surface area contributed by atoms with Gasteiger partial charge in [-0.15, -0.1) is 0 Å². The fourth-order valence-electron chi connectivity index (χ4n) is 1.10. The molecule has 0 aliphatic heterocycles. The van der Waals surface area contributed by atoms with E-state index in [1.165, 1.54) is 0 Å². The van der Waals surface area contributed by atoms with Crippen LogP contribution in [0, 0.1) is 0 Å². The molecule has 1 heterocycles. The molecule has 0 aromatic carbocycles. The Morgan fingerprint density at radius 2 is 2.29 bits per heavy atom. The van der Waals surface area contributed by atoms with Crippen molar-refractivity contribution < 1.29 is 4.52 Å². The first-order chi connectivity index (χ1) is 6.77. The molecule has 0 aliphatic rings. The van der Waals surface area contributed by atoms with E-state index in [9.17, 15) is 0 Å². The summed E-state index contributed by atoms with van der Waals surface area (Å²) in [7, 11) is 0. The summed E-state index contributed by atoms with van der Waals surface area (Å²) in [6.07, 6.45) is 1.92. The summed E-state index contributed by atoms with van der Waals surface area (Å²) in [4.78, 5) is 4.24. The highest BCUT2D eigenvalue weighted by Gasteiger charge is 2.13. The Kier molecular flexibility index (Phi) is 4.97. The van der Waals surface area contributed by atoms with Crippen molar-refractivity contribution in [2.45, 2.75) is 38.5 Å². The van der Waals surface area contributed by atoms with Crippen LogP contribution >= 0.6 is 11.8 Å². The van der Waals surface area contributed by atoms with Gasteiger partial charge in [-0.1, -0.05) is 25.4 Å². The zero-order chi connectivity index (χ0) is 10.4. The monoisotopic (exact) mass is 215 g/mol. The molecule has 0 bridgehead atoms. The van der Waals surface area contributed by atoms with E-state index in [0.717, 1.165) is 30.2 Å². The molecule has 2 N–H and O–H groups in total. The lowest BCUT2D eigenvalue weighted by atomic mass is 10.2. The average molecular weight is 215 g/mol. The maximum Gasteiger partial charge on any atom is 0.243 e. The summed E-state index contributed by atoms with van der Waals surface area (Å²) >= 11 is 1.77. The number of thioether (sulfide) groups is 1. The van der Waals surface area contributed by atoms with Gasteiger partial charge in [0, 0.05) is 0 Å². The van der Waals surface area contributed by atoms with Crippen LogP contribution in [0.3, 0.4) is 0 Å². The molecule has 0 aliphatic carbocycles. The van der Waals surface area contributed by atoms with Gasteiger partial charge < -0.3 is 10.3 Å². The lowest BCUT2D eigenvalue weighted by molar-refractivity contribution is 0.345. The second-order valence-electron chi connectivity index (χ2n) is 3.08. The SMILES string of the molecule is CCC[C@H](N)c1nc(CSCC)no1. The third kappa shape index (κ3) is 3.31. The van der Waals surface area contributed by atoms with Crippen molar-refractivity contribution in [3.05, 3.63) is 11.7 Å². The topological polar surface area (TPSA) is 64.9 Å². The molecule has 0 saturated heterocycles. The van der Waals surface area contributed by atoms with E-state index < -0.39 is 0 Å². The second-order valence-corrected chi connectivity index (χ2v) is 4.36. The third-order valence-corrected chi connectivity index (χ3v) is 2.71. The van der Waals surface area contributed by atoms with Gasteiger partial charge >= 0.3 is 0 Å². The van der Waals surface area contributed by atoms with Crippen molar-refractivity contribution >= 4 is 11.8 Å². The van der Waals surface area contributed by atoms with Crippen LogP contribution in [-0.2, 0) is 5.75 Å². The first-order valence-electron chi connectivity index (χ1n) is 4.93. The highest BCUT2D eigenvalue weighted by atomic mass is 32.2. The minimum atomic E-state index is -0.104. The molecule has 14 heavy (non-hydrogen) atoms. The van der Waals surface area contributed by atoms with Crippen LogP contribution in [0.15, 0.2) is 4.52 Å². The van der Waals surface area contributed by atoms with E-state index in [2.05, 4.69) is 24.0 Å². The number of nitrogens with zero attached hydrogens (tertiary/aromatic N) is 2. The number of rotatable bonds is 6. The van der Waals surface area contributed by atoms with Crippen LogP contribution < -0.4 is 5.73 Å². The van der Waals surface area contributed by atoms with Gasteiger partial charge in [-0.3, -0.25) is 0 Å². The molecule has 1 atom stereocenters. The van der Waals surface area contributed by atoms with Crippen LogP contribution in [-0.4, -0.2) is 15.9 Å². The van der Waals surface area contributed by atoms with E-state index in [1.807, 2.05) is 0 Å². The van der Waals surface area contributed by atoms with Crippen molar-refractivity contribution in [3.8, 4) is 0 Å².